The molecule has 9 heteroatoms. The first-order chi connectivity index (χ1) is 17.6. The molecule has 3 rings (SSSR count). The summed E-state index contributed by atoms with van der Waals surface area (Å²) in [6.45, 7) is 7.18. The van der Waals surface area contributed by atoms with Crippen molar-refractivity contribution in [2.24, 2.45) is 0 Å². The number of carbonyl (C=O) groups excluding carboxylic acids is 2. The van der Waals surface area contributed by atoms with Crippen LogP contribution in [0.2, 0.25) is 5.02 Å². The van der Waals surface area contributed by atoms with Crippen molar-refractivity contribution in [3.8, 4) is 0 Å². The van der Waals surface area contributed by atoms with Crippen molar-refractivity contribution in [2.75, 3.05) is 17.4 Å². The number of rotatable bonds is 10. The van der Waals surface area contributed by atoms with Crippen molar-refractivity contribution < 1.29 is 18.0 Å². The topological polar surface area (TPSA) is 86.8 Å². The lowest BCUT2D eigenvalue weighted by molar-refractivity contribution is -0.139. The van der Waals surface area contributed by atoms with Gasteiger partial charge >= 0.3 is 0 Å². The van der Waals surface area contributed by atoms with E-state index in [1.54, 1.807) is 68.4 Å². The van der Waals surface area contributed by atoms with Gasteiger partial charge in [-0.25, -0.2) is 8.42 Å². The highest BCUT2D eigenvalue weighted by Crippen LogP contribution is 2.29. The Morgan fingerprint density at radius 3 is 2.22 bits per heavy atom. The van der Waals surface area contributed by atoms with Gasteiger partial charge in [-0.15, -0.1) is 0 Å². The molecule has 0 saturated carbocycles. The fraction of sp³-hybridized carbons (Fsp3) is 0.286. The zero-order chi connectivity index (χ0) is 27.2. The Morgan fingerprint density at radius 1 is 0.946 bits per heavy atom. The van der Waals surface area contributed by atoms with Gasteiger partial charge in [0.05, 0.1) is 10.6 Å². The average Bonchev–Trinajstić information content (AvgIpc) is 2.88. The van der Waals surface area contributed by atoms with Gasteiger partial charge in [-0.3, -0.25) is 13.9 Å². The van der Waals surface area contributed by atoms with Crippen LogP contribution in [0.15, 0.2) is 77.7 Å². The van der Waals surface area contributed by atoms with E-state index in [0.717, 1.165) is 21.0 Å². The maximum absolute atomic E-state index is 13.8. The number of nitrogens with one attached hydrogen (secondary N) is 1. The quantitative estimate of drug-likeness (QED) is 0.403. The molecule has 0 aliphatic carbocycles. The minimum absolute atomic E-state index is 0.0738. The van der Waals surface area contributed by atoms with Crippen LogP contribution in [0, 0.1) is 13.8 Å². The summed E-state index contributed by atoms with van der Waals surface area (Å²) in [4.78, 5) is 28.1. The number of benzene rings is 3. The van der Waals surface area contributed by atoms with Crippen molar-refractivity contribution in [1.82, 2.24) is 10.2 Å². The van der Waals surface area contributed by atoms with Crippen LogP contribution in [0.1, 0.15) is 30.5 Å². The van der Waals surface area contributed by atoms with E-state index in [1.807, 2.05) is 19.9 Å². The number of sulfonamides is 1. The van der Waals surface area contributed by atoms with Crippen molar-refractivity contribution >= 4 is 39.1 Å². The summed E-state index contributed by atoms with van der Waals surface area (Å²) in [7, 11) is -4.09. The maximum atomic E-state index is 13.8. The molecule has 0 radical (unpaired) electrons. The van der Waals surface area contributed by atoms with Crippen molar-refractivity contribution in [3.63, 3.8) is 0 Å². The SMILES string of the molecule is CCNC(=O)[C@H](C)N(Cc1ccc(Cl)cc1)C(=O)CN(c1cccc(C)c1C)S(=O)(=O)c1ccccc1. The predicted molar refractivity (Wildman–Crippen MR) is 147 cm³/mol. The summed E-state index contributed by atoms with van der Waals surface area (Å²) in [5.41, 5.74) is 2.81. The molecule has 1 atom stereocenters. The molecule has 0 unspecified atom stereocenters. The van der Waals surface area contributed by atoms with Crippen molar-refractivity contribution in [1.29, 1.82) is 0 Å². The van der Waals surface area contributed by atoms with E-state index >= 15 is 0 Å². The van der Waals surface area contributed by atoms with Crippen LogP contribution in [-0.2, 0) is 26.2 Å². The van der Waals surface area contributed by atoms with Gasteiger partial charge in [-0.1, -0.05) is 54.1 Å². The lowest BCUT2D eigenvalue weighted by Gasteiger charge is -2.32. The highest BCUT2D eigenvalue weighted by molar-refractivity contribution is 7.92. The van der Waals surface area contributed by atoms with Gasteiger partial charge < -0.3 is 10.2 Å². The molecule has 3 aromatic rings. The Morgan fingerprint density at radius 2 is 1.59 bits per heavy atom. The monoisotopic (exact) mass is 541 g/mol. The number of likely N-dealkylation sites (N-methyl/N-ethyl adjacent to an activating group) is 1. The molecule has 196 valence electrons. The largest absolute Gasteiger partial charge is 0.355 e. The van der Waals surface area contributed by atoms with Crippen molar-refractivity contribution in [2.45, 2.75) is 45.2 Å². The molecule has 0 spiro atoms. The number of nitrogens with zero attached hydrogens (tertiary/aromatic N) is 2. The number of anilines is 1. The molecule has 0 bridgehead atoms. The molecule has 3 aromatic carbocycles. The number of hydrogen-bond donors (Lipinski definition) is 1. The summed E-state index contributed by atoms with van der Waals surface area (Å²) in [5, 5.41) is 3.30. The summed E-state index contributed by atoms with van der Waals surface area (Å²) >= 11 is 6.02. The van der Waals surface area contributed by atoms with Crippen LogP contribution >= 0.6 is 11.6 Å². The Balaban J connectivity index is 2.06. The van der Waals surface area contributed by atoms with Crippen LogP contribution in [0.5, 0.6) is 0 Å². The molecule has 0 aliphatic heterocycles. The first-order valence-electron chi connectivity index (χ1n) is 12.0. The van der Waals surface area contributed by atoms with E-state index in [9.17, 15) is 18.0 Å². The lowest BCUT2D eigenvalue weighted by Crippen LogP contribution is -2.51. The molecular weight excluding hydrogens is 510 g/mol. The summed E-state index contributed by atoms with van der Waals surface area (Å²) in [6, 6.07) is 19.5. The third-order valence-corrected chi connectivity index (χ3v) is 8.27. The number of halogens is 1. The Labute approximate surface area is 224 Å². The number of carbonyl (C=O) groups is 2. The third-order valence-electron chi connectivity index (χ3n) is 6.24. The van der Waals surface area contributed by atoms with E-state index < -0.39 is 28.5 Å². The average molecular weight is 542 g/mol. The lowest BCUT2D eigenvalue weighted by atomic mass is 10.1. The fourth-order valence-corrected chi connectivity index (χ4v) is 5.55. The van der Waals surface area contributed by atoms with Gasteiger partial charge in [0.1, 0.15) is 12.6 Å². The fourth-order valence-electron chi connectivity index (χ4n) is 3.93. The molecular formula is C28H32ClN3O4S. The standard InChI is InChI=1S/C28H32ClN3O4S/c1-5-30-28(34)22(4)31(18-23-14-16-24(29)17-15-23)27(33)19-32(26-13-9-10-20(2)21(26)3)37(35,36)25-11-7-6-8-12-25/h6-17,22H,5,18-19H2,1-4H3,(H,30,34)/t22-/m0/s1. The van der Waals surface area contributed by atoms with E-state index in [1.165, 1.54) is 17.0 Å². The van der Waals surface area contributed by atoms with Crippen molar-refractivity contribution in [3.05, 3.63) is 94.5 Å². The Hall–Kier alpha value is -3.36. The van der Waals surface area contributed by atoms with Gasteiger partial charge in [0, 0.05) is 18.1 Å². The zero-order valence-corrected chi connectivity index (χ0v) is 23.0. The maximum Gasteiger partial charge on any atom is 0.264 e. The summed E-state index contributed by atoms with van der Waals surface area (Å²) < 4.78 is 28.8. The number of hydrogen-bond acceptors (Lipinski definition) is 4. The Kier molecular flexibility index (Phi) is 9.34. The second-order valence-electron chi connectivity index (χ2n) is 8.76. The highest BCUT2D eigenvalue weighted by Gasteiger charge is 2.33. The molecule has 0 heterocycles. The highest BCUT2D eigenvalue weighted by atomic mass is 35.5. The molecule has 2 amide bonds. The van der Waals surface area contributed by atoms with E-state index in [0.29, 0.717) is 17.3 Å². The normalized spacial score (nSPS) is 12.0. The van der Waals surface area contributed by atoms with Crippen LogP contribution in [-0.4, -0.2) is 44.3 Å². The van der Waals surface area contributed by atoms with Crippen LogP contribution in [0.25, 0.3) is 0 Å². The third kappa shape index (κ3) is 6.70. The van der Waals surface area contributed by atoms with E-state index in [4.69, 9.17) is 11.6 Å². The van der Waals surface area contributed by atoms with E-state index in [2.05, 4.69) is 5.32 Å². The molecule has 37 heavy (non-hydrogen) atoms. The second-order valence-corrected chi connectivity index (χ2v) is 11.1. The van der Waals surface area contributed by atoms with Gasteiger partial charge in [0.2, 0.25) is 11.8 Å². The number of amides is 2. The smallest absolute Gasteiger partial charge is 0.264 e. The Bertz CT molecular complexity index is 1350. The molecule has 1 N–H and O–H groups in total. The minimum Gasteiger partial charge on any atom is -0.355 e. The molecule has 7 nitrogen and oxygen atoms in total. The second kappa shape index (κ2) is 12.3. The first-order valence-corrected chi connectivity index (χ1v) is 13.8. The van der Waals surface area contributed by atoms with Gasteiger partial charge in [0.25, 0.3) is 10.0 Å². The van der Waals surface area contributed by atoms with E-state index in [-0.39, 0.29) is 17.3 Å². The summed E-state index contributed by atoms with van der Waals surface area (Å²) in [6.07, 6.45) is 0. The van der Waals surface area contributed by atoms with Crippen LogP contribution in [0.3, 0.4) is 0 Å². The van der Waals surface area contributed by atoms with Gasteiger partial charge in [0.15, 0.2) is 0 Å². The number of aryl methyl sites for hydroxylation is 1. The minimum atomic E-state index is -4.09. The first kappa shape index (κ1) is 28.2. The predicted octanol–water partition coefficient (Wildman–Crippen LogP) is 4.71. The van der Waals surface area contributed by atoms with Crippen LogP contribution < -0.4 is 9.62 Å². The van der Waals surface area contributed by atoms with Gasteiger partial charge in [-0.2, -0.15) is 0 Å². The molecule has 0 saturated heterocycles. The van der Waals surface area contributed by atoms with Crippen LogP contribution in [0.4, 0.5) is 5.69 Å². The summed E-state index contributed by atoms with van der Waals surface area (Å²) in [5.74, 6) is -0.830. The molecule has 0 aromatic heterocycles. The zero-order valence-electron chi connectivity index (χ0n) is 21.4. The van der Waals surface area contributed by atoms with Gasteiger partial charge in [-0.05, 0) is 74.7 Å². The molecule has 0 fully saturated rings. The molecule has 0 aliphatic rings.